The van der Waals surface area contributed by atoms with E-state index < -0.39 is 17.8 Å². The standard InChI is InChI=1S/C16H19ClN2O6/c17-10-2-3-11(9-1-4-13(21)18-14(9)10)25-8-16(24)5-6-19(15(22)23)7-12(16)20/h2-3,12,20,24H,1,4-8H2,(H,18,21)(H,22,23)/t12-,16-/m0/s1. The van der Waals surface area contributed by atoms with Crippen LogP contribution in [0.3, 0.4) is 0 Å². The quantitative estimate of drug-likeness (QED) is 0.632. The number of carbonyl (C=O) groups is 2. The molecular formula is C16H19ClN2O6. The van der Waals surface area contributed by atoms with Gasteiger partial charge in [0.15, 0.2) is 0 Å². The van der Waals surface area contributed by atoms with Crippen LogP contribution in [-0.2, 0) is 11.2 Å². The SMILES string of the molecule is O=C1CCc2c(OC[C@@]3(O)CCN(C(=O)O)C[C@@H]3O)ccc(Cl)c2N1. The smallest absolute Gasteiger partial charge is 0.407 e. The zero-order valence-corrected chi connectivity index (χ0v) is 14.1. The summed E-state index contributed by atoms with van der Waals surface area (Å²) in [7, 11) is 0. The van der Waals surface area contributed by atoms with E-state index >= 15 is 0 Å². The number of aliphatic hydroxyl groups is 2. The highest BCUT2D eigenvalue weighted by atomic mass is 35.5. The number of nitrogens with one attached hydrogen (secondary N) is 1. The van der Waals surface area contributed by atoms with Crippen LogP contribution in [0, 0.1) is 0 Å². The molecule has 2 aliphatic heterocycles. The van der Waals surface area contributed by atoms with Gasteiger partial charge >= 0.3 is 6.09 Å². The number of anilines is 1. The minimum absolute atomic E-state index is 0.0625. The molecule has 1 saturated heterocycles. The van der Waals surface area contributed by atoms with Gasteiger partial charge in [-0.1, -0.05) is 11.6 Å². The summed E-state index contributed by atoms with van der Waals surface area (Å²) in [6, 6.07) is 3.25. The number of nitrogens with zero attached hydrogens (tertiary/aromatic N) is 1. The third kappa shape index (κ3) is 3.51. The van der Waals surface area contributed by atoms with Gasteiger partial charge in [0.25, 0.3) is 0 Å². The Labute approximate surface area is 149 Å². The zero-order valence-electron chi connectivity index (χ0n) is 13.4. The number of β-amino-alcohol motifs (C(OH)–C–C–N with tert-alkyl or cyclic N) is 1. The van der Waals surface area contributed by atoms with Gasteiger partial charge in [-0.15, -0.1) is 0 Å². The van der Waals surface area contributed by atoms with E-state index in [1.807, 2.05) is 0 Å². The second-order valence-electron chi connectivity index (χ2n) is 6.33. The number of carbonyl (C=O) groups excluding carboxylic acids is 1. The van der Waals surface area contributed by atoms with Gasteiger partial charge in [-0.25, -0.2) is 4.79 Å². The summed E-state index contributed by atoms with van der Waals surface area (Å²) in [6.45, 7) is -0.255. The molecule has 25 heavy (non-hydrogen) atoms. The highest BCUT2D eigenvalue weighted by molar-refractivity contribution is 6.34. The maximum atomic E-state index is 11.5. The van der Waals surface area contributed by atoms with Crippen LogP contribution in [0.4, 0.5) is 10.5 Å². The maximum absolute atomic E-state index is 11.5. The summed E-state index contributed by atoms with van der Waals surface area (Å²) in [6.07, 6.45) is -1.55. The molecule has 0 unspecified atom stereocenters. The first-order valence-corrected chi connectivity index (χ1v) is 8.30. The number of likely N-dealkylation sites (tertiary alicyclic amines) is 1. The summed E-state index contributed by atoms with van der Waals surface area (Å²) < 4.78 is 5.72. The molecule has 2 heterocycles. The third-order valence-corrected chi connectivity index (χ3v) is 4.98. The average molecular weight is 371 g/mol. The molecule has 4 N–H and O–H groups in total. The number of hydrogen-bond acceptors (Lipinski definition) is 5. The molecule has 0 saturated carbocycles. The fourth-order valence-corrected chi connectivity index (χ4v) is 3.29. The Balaban J connectivity index is 1.73. The molecule has 0 aliphatic carbocycles. The van der Waals surface area contributed by atoms with Gasteiger partial charge in [-0.05, 0) is 25.0 Å². The van der Waals surface area contributed by atoms with Crippen LogP contribution in [0.25, 0.3) is 0 Å². The first-order valence-electron chi connectivity index (χ1n) is 7.92. The van der Waals surface area contributed by atoms with Crippen molar-refractivity contribution in [1.29, 1.82) is 0 Å². The molecule has 136 valence electrons. The lowest BCUT2D eigenvalue weighted by Gasteiger charge is -2.40. The fourth-order valence-electron chi connectivity index (χ4n) is 3.07. The van der Waals surface area contributed by atoms with Crippen molar-refractivity contribution in [3.8, 4) is 5.75 Å². The fraction of sp³-hybridized carbons (Fsp3) is 0.500. The summed E-state index contributed by atoms with van der Waals surface area (Å²) in [5.41, 5.74) is -0.298. The Morgan fingerprint density at radius 3 is 2.88 bits per heavy atom. The van der Waals surface area contributed by atoms with E-state index in [0.29, 0.717) is 29.3 Å². The molecule has 1 aromatic carbocycles. The second kappa shape index (κ2) is 6.70. The van der Waals surface area contributed by atoms with Gasteiger partial charge in [0.2, 0.25) is 5.91 Å². The Bertz CT molecular complexity index is 712. The number of fused-ring (bicyclic) bond motifs is 1. The number of halogens is 1. The number of hydrogen-bond donors (Lipinski definition) is 4. The predicted octanol–water partition coefficient (Wildman–Crippen LogP) is 1.08. The molecule has 0 bridgehead atoms. The molecule has 2 amide bonds. The molecule has 8 nitrogen and oxygen atoms in total. The van der Waals surface area contributed by atoms with Crippen molar-refractivity contribution in [3.05, 3.63) is 22.7 Å². The summed E-state index contributed by atoms with van der Waals surface area (Å²) in [5.74, 6) is 0.349. The monoisotopic (exact) mass is 370 g/mol. The number of rotatable bonds is 3. The first kappa shape index (κ1) is 17.8. The lowest BCUT2D eigenvalue weighted by molar-refractivity contribution is -0.132. The second-order valence-corrected chi connectivity index (χ2v) is 6.74. The highest BCUT2D eigenvalue weighted by Crippen LogP contribution is 2.37. The zero-order chi connectivity index (χ0) is 18.2. The minimum atomic E-state index is -1.55. The van der Waals surface area contributed by atoms with E-state index in [2.05, 4.69) is 5.32 Å². The van der Waals surface area contributed by atoms with Gasteiger partial charge in [-0.3, -0.25) is 4.79 Å². The third-order valence-electron chi connectivity index (χ3n) is 4.66. The van der Waals surface area contributed by atoms with Crippen molar-refractivity contribution in [2.45, 2.75) is 31.0 Å². The summed E-state index contributed by atoms with van der Waals surface area (Å²) in [5, 5.41) is 32.8. The first-order chi connectivity index (χ1) is 11.8. The number of amides is 2. The van der Waals surface area contributed by atoms with E-state index in [0.717, 1.165) is 10.5 Å². The highest BCUT2D eigenvalue weighted by Gasteiger charge is 2.43. The van der Waals surface area contributed by atoms with Crippen molar-refractivity contribution in [3.63, 3.8) is 0 Å². The van der Waals surface area contributed by atoms with Gasteiger partial charge in [0.05, 0.1) is 17.3 Å². The normalized spacial score (nSPS) is 26.0. The van der Waals surface area contributed by atoms with Gasteiger partial charge in [-0.2, -0.15) is 0 Å². The van der Waals surface area contributed by atoms with Gasteiger partial charge < -0.3 is 30.3 Å². The lowest BCUT2D eigenvalue weighted by Crippen LogP contribution is -2.59. The van der Waals surface area contributed by atoms with Crippen LogP contribution in [0.15, 0.2) is 12.1 Å². The average Bonchev–Trinajstić information content (AvgIpc) is 2.57. The molecular weight excluding hydrogens is 352 g/mol. The number of piperidine rings is 1. The number of aliphatic hydroxyl groups excluding tert-OH is 1. The topological polar surface area (TPSA) is 119 Å². The predicted molar refractivity (Wildman–Crippen MR) is 89.1 cm³/mol. The largest absolute Gasteiger partial charge is 0.490 e. The Hall–Kier alpha value is -2.03. The van der Waals surface area contributed by atoms with Crippen LogP contribution in [0.1, 0.15) is 18.4 Å². The molecule has 2 aliphatic rings. The van der Waals surface area contributed by atoms with Gasteiger partial charge in [0, 0.05) is 18.5 Å². The van der Waals surface area contributed by atoms with Crippen molar-refractivity contribution >= 4 is 29.3 Å². The molecule has 2 atom stereocenters. The Morgan fingerprint density at radius 1 is 1.44 bits per heavy atom. The van der Waals surface area contributed by atoms with E-state index in [1.54, 1.807) is 12.1 Å². The van der Waals surface area contributed by atoms with Crippen LogP contribution < -0.4 is 10.1 Å². The molecule has 0 radical (unpaired) electrons. The van der Waals surface area contributed by atoms with Crippen molar-refractivity contribution in [1.82, 2.24) is 4.90 Å². The van der Waals surface area contributed by atoms with E-state index in [9.17, 15) is 19.8 Å². The van der Waals surface area contributed by atoms with Crippen molar-refractivity contribution < 1.29 is 29.6 Å². The van der Waals surface area contributed by atoms with E-state index in [1.165, 1.54) is 0 Å². The minimum Gasteiger partial charge on any atom is -0.490 e. The molecule has 1 aromatic rings. The number of ether oxygens (including phenoxy) is 1. The Kier molecular flexibility index (Phi) is 4.77. The molecule has 3 rings (SSSR count). The Morgan fingerprint density at radius 2 is 2.20 bits per heavy atom. The van der Waals surface area contributed by atoms with Gasteiger partial charge in [0.1, 0.15) is 24.1 Å². The lowest BCUT2D eigenvalue weighted by atomic mass is 9.89. The number of carboxylic acid groups (broad SMARTS) is 1. The maximum Gasteiger partial charge on any atom is 0.407 e. The molecule has 9 heteroatoms. The van der Waals surface area contributed by atoms with Crippen LogP contribution >= 0.6 is 11.6 Å². The van der Waals surface area contributed by atoms with Crippen LogP contribution in [-0.4, -0.2) is 63.6 Å². The number of benzene rings is 1. The molecule has 0 spiro atoms. The van der Waals surface area contributed by atoms with E-state index in [-0.39, 0.29) is 32.0 Å². The van der Waals surface area contributed by atoms with E-state index in [4.69, 9.17) is 21.4 Å². The summed E-state index contributed by atoms with van der Waals surface area (Å²) in [4.78, 5) is 23.6. The van der Waals surface area contributed by atoms with Crippen molar-refractivity contribution in [2.24, 2.45) is 0 Å². The van der Waals surface area contributed by atoms with Crippen LogP contribution in [0.2, 0.25) is 5.02 Å². The molecule has 0 aromatic heterocycles. The van der Waals surface area contributed by atoms with Crippen molar-refractivity contribution in [2.75, 3.05) is 25.0 Å². The van der Waals surface area contributed by atoms with Crippen LogP contribution in [0.5, 0.6) is 5.75 Å². The molecule has 1 fully saturated rings. The summed E-state index contributed by atoms with van der Waals surface area (Å²) >= 11 is 6.10.